The first-order valence-corrected chi connectivity index (χ1v) is 8.57. The van der Waals surface area contributed by atoms with E-state index in [0.717, 1.165) is 4.90 Å². The lowest BCUT2D eigenvalue weighted by Gasteiger charge is -2.25. The fraction of sp³-hybridized carbons (Fsp3) is 0.0476. The summed E-state index contributed by atoms with van der Waals surface area (Å²) in [4.78, 5) is 37.8. The number of carbonyl (C=O) groups excluding carboxylic acids is 3. The second kappa shape index (κ2) is 7.32. The van der Waals surface area contributed by atoms with Crippen molar-refractivity contribution < 1.29 is 23.2 Å². The number of barbiturate groups is 1. The molecular weight excluding hydrogens is 374 g/mol. The summed E-state index contributed by atoms with van der Waals surface area (Å²) in [6.07, 6.45) is 2.69. The second-order valence-corrected chi connectivity index (χ2v) is 6.15. The average Bonchev–Trinajstić information content (AvgIpc) is 3.40. The second-order valence-electron chi connectivity index (χ2n) is 6.15. The monoisotopic (exact) mass is 387 g/mol. The van der Waals surface area contributed by atoms with Gasteiger partial charge in [-0.1, -0.05) is 12.1 Å². The maximum absolute atomic E-state index is 12.7. The molecule has 0 unspecified atom stereocenters. The summed E-state index contributed by atoms with van der Waals surface area (Å²) in [7, 11) is 0. The van der Waals surface area contributed by atoms with Crippen LogP contribution in [0.4, 0.5) is 4.79 Å². The van der Waals surface area contributed by atoms with Crippen molar-refractivity contribution in [2.75, 3.05) is 0 Å². The van der Waals surface area contributed by atoms with E-state index in [9.17, 15) is 19.6 Å². The Morgan fingerprint density at radius 1 is 1.07 bits per heavy atom. The molecule has 3 heterocycles. The molecule has 8 nitrogen and oxygen atoms in total. The van der Waals surface area contributed by atoms with Gasteiger partial charge in [0.15, 0.2) is 0 Å². The fourth-order valence-corrected chi connectivity index (χ4v) is 2.91. The predicted octanol–water partition coefficient (Wildman–Crippen LogP) is 3.07. The molecule has 4 rings (SSSR count). The van der Waals surface area contributed by atoms with Gasteiger partial charge < -0.3 is 8.83 Å². The van der Waals surface area contributed by atoms with Gasteiger partial charge in [0, 0.05) is 5.56 Å². The number of benzene rings is 1. The lowest BCUT2D eigenvalue weighted by Crippen LogP contribution is -2.53. The zero-order valence-electron chi connectivity index (χ0n) is 14.9. The van der Waals surface area contributed by atoms with Crippen LogP contribution in [0.15, 0.2) is 69.2 Å². The molecule has 1 saturated heterocycles. The maximum Gasteiger partial charge on any atom is 0.331 e. The molecule has 1 aliphatic rings. The molecular formula is C21H13N3O5. The Bertz CT molecular complexity index is 1180. The molecule has 1 aliphatic heterocycles. The molecule has 29 heavy (non-hydrogen) atoms. The van der Waals surface area contributed by atoms with Crippen LogP contribution < -0.4 is 5.32 Å². The van der Waals surface area contributed by atoms with E-state index in [4.69, 9.17) is 8.83 Å². The number of nitrogens with one attached hydrogen (secondary N) is 1. The van der Waals surface area contributed by atoms with Gasteiger partial charge in [-0.25, -0.2) is 4.79 Å². The summed E-state index contributed by atoms with van der Waals surface area (Å²) < 4.78 is 10.9. The summed E-state index contributed by atoms with van der Waals surface area (Å²) in [5.74, 6) is -0.521. The minimum atomic E-state index is -0.823. The molecule has 1 aromatic carbocycles. The normalized spacial score (nSPS) is 15.5. The first-order chi connectivity index (χ1) is 14.1. The molecule has 0 bridgehead atoms. The van der Waals surface area contributed by atoms with E-state index in [2.05, 4.69) is 11.4 Å². The Morgan fingerprint density at radius 2 is 1.90 bits per heavy atom. The van der Waals surface area contributed by atoms with E-state index in [0.29, 0.717) is 22.6 Å². The van der Waals surface area contributed by atoms with Gasteiger partial charge >= 0.3 is 6.03 Å². The summed E-state index contributed by atoms with van der Waals surface area (Å²) in [6, 6.07) is 14.6. The van der Waals surface area contributed by atoms with Crippen molar-refractivity contribution in [3.05, 3.63) is 77.5 Å². The Hall–Kier alpha value is -4.38. The standard InChI is InChI=1S/C21H13N3O5/c22-11-13-4-1-2-6-16(13)18-8-7-14(29-18)10-17-19(25)23-21(27)24(20(17)26)12-15-5-3-9-28-15/h1-10H,12H2,(H,23,25,27). The number of furan rings is 2. The van der Waals surface area contributed by atoms with Gasteiger partial charge in [0.25, 0.3) is 11.8 Å². The first-order valence-electron chi connectivity index (χ1n) is 8.57. The Kier molecular flexibility index (Phi) is 4.55. The largest absolute Gasteiger partial charge is 0.467 e. The van der Waals surface area contributed by atoms with Crippen molar-refractivity contribution in [3.8, 4) is 17.4 Å². The van der Waals surface area contributed by atoms with Crippen LogP contribution >= 0.6 is 0 Å². The van der Waals surface area contributed by atoms with Gasteiger partial charge in [-0.15, -0.1) is 0 Å². The molecule has 4 amide bonds. The quantitative estimate of drug-likeness (QED) is 0.543. The lowest BCUT2D eigenvalue weighted by atomic mass is 10.1. The molecule has 0 radical (unpaired) electrons. The highest BCUT2D eigenvalue weighted by atomic mass is 16.3. The van der Waals surface area contributed by atoms with Crippen LogP contribution in [-0.2, 0) is 16.1 Å². The Labute approximate surface area is 164 Å². The number of rotatable bonds is 4. The highest BCUT2D eigenvalue weighted by molar-refractivity contribution is 6.30. The lowest BCUT2D eigenvalue weighted by molar-refractivity contribution is -0.130. The molecule has 3 aromatic rings. The molecule has 0 spiro atoms. The Balaban J connectivity index is 1.64. The van der Waals surface area contributed by atoms with Gasteiger partial charge in [0.1, 0.15) is 22.9 Å². The summed E-state index contributed by atoms with van der Waals surface area (Å²) in [5.41, 5.74) is 0.780. The fourth-order valence-electron chi connectivity index (χ4n) is 2.91. The van der Waals surface area contributed by atoms with Crippen LogP contribution in [0, 0.1) is 11.3 Å². The minimum absolute atomic E-state index is 0.110. The highest BCUT2D eigenvalue weighted by Gasteiger charge is 2.36. The number of urea groups is 1. The third-order valence-electron chi connectivity index (χ3n) is 4.31. The summed E-state index contributed by atoms with van der Waals surface area (Å²) >= 11 is 0. The molecule has 1 N–H and O–H groups in total. The maximum atomic E-state index is 12.7. The summed E-state index contributed by atoms with van der Waals surface area (Å²) in [5, 5.41) is 11.4. The van der Waals surface area contributed by atoms with E-state index >= 15 is 0 Å². The topological polar surface area (TPSA) is 117 Å². The number of nitrogens with zero attached hydrogens (tertiary/aromatic N) is 2. The van der Waals surface area contributed by atoms with Crippen molar-refractivity contribution in [2.24, 2.45) is 0 Å². The molecule has 8 heteroatoms. The van der Waals surface area contributed by atoms with E-state index in [-0.39, 0.29) is 17.9 Å². The zero-order chi connectivity index (χ0) is 20.4. The highest BCUT2D eigenvalue weighted by Crippen LogP contribution is 2.27. The van der Waals surface area contributed by atoms with Crippen LogP contribution in [0.25, 0.3) is 17.4 Å². The van der Waals surface area contributed by atoms with Gasteiger partial charge in [-0.05, 0) is 42.5 Å². The molecule has 0 saturated carbocycles. The van der Waals surface area contributed by atoms with Gasteiger partial charge in [-0.2, -0.15) is 5.26 Å². The third-order valence-corrected chi connectivity index (χ3v) is 4.31. The number of hydrogen-bond acceptors (Lipinski definition) is 6. The number of amides is 4. The molecule has 142 valence electrons. The molecule has 1 fully saturated rings. The van der Waals surface area contributed by atoms with Crippen LogP contribution in [0.5, 0.6) is 0 Å². The molecule has 2 aromatic heterocycles. The first kappa shape index (κ1) is 18.0. The van der Waals surface area contributed by atoms with Crippen molar-refractivity contribution in [2.45, 2.75) is 6.54 Å². The van der Waals surface area contributed by atoms with Crippen LogP contribution in [0.1, 0.15) is 17.1 Å². The van der Waals surface area contributed by atoms with Crippen molar-refractivity contribution in [1.29, 1.82) is 5.26 Å². The molecule has 0 aliphatic carbocycles. The average molecular weight is 387 g/mol. The molecule has 0 atom stereocenters. The van der Waals surface area contributed by atoms with E-state index in [1.807, 2.05) is 0 Å². The van der Waals surface area contributed by atoms with Gasteiger partial charge in [-0.3, -0.25) is 19.8 Å². The van der Waals surface area contributed by atoms with Crippen molar-refractivity contribution in [1.82, 2.24) is 10.2 Å². The number of imide groups is 2. The van der Waals surface area contributed by atoms with E-state index in [1.54, 1.807) is 48.5 Å². The predicted molar refractivity (Wildman–Crippen MR) is 99.6 cm³/mol. The van der Waals surface area contributed by atoms with Gasteiger partial charge in [0.05, 0.1) is 24.4 Å². The summed E-state index contributed by atoms with van der Waals surface area (Å²) in [6.45, 7) is -0.110. The number of hydrogen-bond donors (Lipinski definition) is 1. The Morgan fingerprint density at radius 3 is 2.66 bits per heavy atom. The number of nitriles is 1. The van der Waals surface area contributed by atoms with Crippen molar-refractivity contribution in [3.63, 3.8) is 0 Å². The zero-order valence-corrected chi connectivity index (χ0v) is 14.9. The van der Waals surface area contributed by atoms with Crippen LogP contribution in [-0.4, -0.2) is 22.7 Å². The van der Waals surface area contributed by atoms with Gasteiger partial charge in [0.2, 0.25) is 0 Å². The van der Waals surface area contributed by atoms with Crippen LogP contribution in [0.2, 0.25) is 0 Å². The van der Waals surface area contributed by atoms with E-state index in [1.165, 1.54) is 12.3 Å². The smallest absolute Gasteiger partial charge is 0.331 e. The van der Waals surface area contributed by atoms with Crippen molar-refractivity contribution >= 4 is 23.9 Å². The minimum Gasteiger partial charge on any atom is -0.467 e. The van der Waals surface area contributed by atoms with E-state index < -0.39 is 17.8 Å². The van der Waals surface area contributed by atoms with Crippen LogP contribution in [0.3, 0.4) is 0 Å². The number of carbonyl (C=O) groups is 3. The SMILES string of the molecule is N#Cc1ccccc1-c1ccc(C=C2C(=O)NC(=O)N(Cc3ccco3)C2=O)o1. The third kappa shape index (κ3) is 3.44.